The van der Waals surface area contributed by atoms with Crippen molar-refractivity contribution in [3.63, 3.8) is 0 Å². The first kappa shape index (κ1) is 24.0. The molecule has 2 aromatic carbocycles. The Morgan fingerprint density at radius 3 is 2.60 bits per heavy atom. The number of ether oxygens (including phenoxy) is 1. The van der Waals surface area contributed by atoms with E-state index in [9.17, 15) is 4.79 Å². The molecule has 0 bridgehead atoms. The van der Waals surface area contributed by atoms with E-state index in [2.05, 4.69) is 65.5 Å². The molecule has 2 aliphatic heterocycles. The van der Waals surface area contributed by atoms with Gasteiger partial charge in [0.05, 0.1) is 25.7 Å². The highest BCUT2D eigenvalue weighted by molar-refractivity contribution is 9.10. The number of anilines is 1. The predicted molar refractivity (Wildman–Crippen MR) is 137 cm³/mol. The van der Waals surface area contributed by atoms with Crippen LogP contribution in [0.15, 0.2) is 57.5 Å². The SMILES string of the molecule is O=C(NCc1ccc(N2CCOCC2)cc1)C1CCCN(Cc2nc(-c3ccc(Br)cc3)no2)C1. The van der Waals surface area contributed by atoms with Crippen LogP contribution in [-0.2, 0) is 22.6 Å². The molecule has 35 heavy (non-hydrogen) atoms. The summed E-state index contributed by atoms with van der Waals surface area (Å²) < 4.78 is 11.9. The molecule has 0 aliphatic carbocycles. The standard InChI is InChI=1S/C26H30BrN5O3/c27-22-7-5-20(6-8-22)25-29-24(35-30-25)18-31-11-1-2-21(17-31)26(33)28-16-19-3-9-23(10-4-19)32-12-14-34-15-13-32/h3-10,21H,1-2,11-18H2,(H,28,33). The van der Waals surface area contributed by atoms with Crippen LogP contribution >= 0.6 is 15.9 Å². The number of hydrogen-bond acceptors (Lipinski definition) is 7. The molecule has 1 amide bonds. The Kier molecular flexibility index (Phi) is 7.75. The van der Waals surface area contributed by atoms with Crippen molar-refractivity contribution in [2.75, 3.05) is 44.3 Å². The lowest BCUT2D eigenvalue weighted by Crippen LogP contribution is -2.42. The van der Waals surface area contributed by atoms with Crippen LogP contribution in [0.2, 0.25) is 0 Å². The smallest absolute Gasteiger partial charge is 0.241 e. The van der Waals surface area contributed by atoms with Crippen LogP contribution < -0.4 is 10.2 Å². The molecule has 2 aliphatic rings. The lowest BCUT2D eigenvalue weighted by atomic mass is 9.97. The number of piperidine rings is 1. The predicted octanol–water partition coefficient (Wildman–Crippen LogP) is 3.86. The fraction of sp³-hybridized carbons (Fsp3) is 0.423. The Hall–Kier alpha value is -2.75. The van der Waals surface area contributed by atoms with Gasteiger partial charge in [-0.15, -0.1) is 0 Å². The number of nitrogens with one attached hydrogen (secondary N) is 1. The van der Waals surface area contributed by atoms with Crippen LogP contribution in [0.4, 0.5) is 5.69 Å². The first-order valence-corrected chi connectivity index (χ1v) is 12.9. The molecule has 0 saturated carbocycles. The third-order valence-electron chi connectivity index (χ3n) is 6.58. The maximum Gasteiger partial charge on any atom is 0.241 e. The summed E-state index contributed by atoms with van der Waals surface area (Å²) in [5, 5.41) is 7.25. The largest absolute Gasteiger partial charge is 0.378 e. The molecular weight excluding hydrogens is 510 g/mol. The highest BCUT2D eigenvalue weighted by atomic mass is 79.9. The number of nitrogens with zero attached hydrogens (tertiary/aromatic N) is 4. The molecule has 3 heterocycles. The van der Waals surface area contributed by atoms with E-state index >= 15 is 0 Å². The van der Waals surface area contributed by atoms with Crippen molar-refractivity contribution in [2.45, 2.75) is 25.9 Å². The van der Waals surface area contributed by atoms with Crippen molar-refractivity contribution in [3.05, 3.63) is 64.5 Å². The van der Waals surface area contributed by atoms with E-state index in [1.165, 1.54) is 5.69 Å². The maximum atomic E-state index is 12.9. The molecule has 3 aromatic rings. The zero-order valence-corrected chi connectivity index (χ0v) is 21.2. The van der Waals surface area contributed by atoms with Gasteiger partial charge in [0.2, 0.25) is 17.6 Å². The van der Waals surface area contributed by atoms with E-state index in [1.54, 1.807) is 0 Å². The van der Waals surface area contributed by atoms with Crippen LogP contribution in [0, 0.1) is 5.92 Å². The molecule has 1 unspecified atom stereocenters. The summed E-state index contributed by atoms with van der Waals surface area (Å²) in [7, 11) is 0. The van der Waals surface area contributed by atoms with Crippen LogP contribution in [0.25, 0.3) is 11.4 Å². The lowest BCUT2D eigenvalue weighted by molar-refractivity contribution is -0.127. The number of carbonyl (C=O) groups is 1. The molecule has 2 saturated heterocycles. The number of rotatable bonds is 7. The van der Waals surface area contributed by atoms with E-state index in [4.69, 9.17) is 9.26 Å². The number of aromatic nitrogens is 2. The second-order valence-electron chi connectivity index (χ2n) is 9.08. The number of hydrogen-bond donors (Lipinski definition) is 1. The molecule has 5 rings (SSSR count). The molecular formula is C26H30BrN5O3. The first-order chi connectivity index (χ1) is 17.1. The minimum atomic E-state index is -0.0368. The number of benzene rings is 2. The van der Waals surface area contributed by atoms with Gasteiger partial charge in [0.1, 0.15) is 0 Å². The van der Waals surface area contributed by atoms with Crippen LogP contribution in [0.1, 0.15) is 24.3 Å². The van der Waals surface area contributed by atoms with Gasteiger partial charge in [0, 0.05) is 41.9 Å². The zero-order valence-electron chi connectivity index (χ0n) is 19.7. The number of carbonyl (C=O) groups excluding carboxylic acids is 1. The Labute approximate surface area is 213 Å². The van der Waals surface area contributed by atoms with Gasteiger partial charge in [-0.05, 0) is 61.3 Å². The van der Waals surface area contributed by atoms with Crippen LogP contribution in [-0.4, -0.2) is 60.3 Å². The average Bonchev–Trinajstić information content (AvgIpc) is 3.37. The summed E-state index contributed by atoms with van der Waals surface area (Å²) >= 11 is 3.44. The maximum absolute atomic E-state index is 12.9. The first-order valence-electron chi connectivity index (χ1n) is 12.1. The van der Waals surface area contributed by atoms with Crippen molar-refractivity contribution < 1.29 is 14.1 Å². The van der Waals surface area contributed by atoms with E-state index < -0.39 is 0 Å². The van der Waals surface area contributed by atoms with Gasteiger partial charge in [-0.3, -0.25) is 9.69 Å². The van der Waals surface area contributed by atoms with Crippen molar-refractivity contribution in [1.29, 1.82) is 0 Å². The van der Waals surface area contributed by atoms with Crippen LogP contribution in [0.5, 0.6) is 0 Å². The topological polar surface area (TPSA) is 83.7 Å². The highest BCUT2D eigenvalue weighted by Gasteiger charge is 2.27. The van der Waals surface area contributed by atoms with Gasteiger partial charge in [0.25, 0.3) is 0 Å². The van der Waals surface area contributed by atoms with Crippen molar-refractivity contribution >= 4 is 27.5 Å². The molecule has 1 atom stereocenters. The molecule has 0 radical (unpaired) electrons. The number of halogens is 1. The minimum absolute atomic E-state index is 0.0368. The third-order valence-corrected chi connectivity index (χ3v) is 7.11. The van der Waals surface area contributed by atoms with Gasteiger partial charge < -0.3 is 19.5 Å². The second kappa shape index (κ2) is 11.3. The fourth-order valence-corrected chi connectivity index (χ4v) is 4.88. The monoisotopic (exact) mass is 539 g/mol. The number of likely N-dealkylation sites (tertiary alicyclic amines) is 1. The molecule has 9 heteroatoms. The van der Waals surface area contributed by atoms with Gasteiger partial charge >= 0.3 is 0 Å². The van der Waals surface area contributed by atoms with E-state index in [0.29, 0.717) is 31.3 Å². The molecule has 0 spiro atoms. The van der Waals surface area contributed by atoms with Crippen molar-refractivity contribution in [3.8, 4) is 11.4 Å². The van der Waals surface area contributed by atoms with Gasteiger partial charge in [-0.2, -0.15) is 4.98 Å². The Morgan fingerprint density at radius 1 is 1.06 bits per heavy atom. The molecule has 1 aromatic heterocycles. The molecule has 1 N–H and O–H groups in total. The Balaban J connectivity index is 1.11. The molecule has 2 fully saturated rings. The minimum Gasteiger partial charge on any atom is -0.378 e. The Bertz CT molecular complexity index is 1110. The van der Waals surface area contributed by atoms with E-state index in [0.717, 1.165) is 61.3 Å². The summed E-state index contributed by atoms with van der Waals surface area (Å²) in [5.74, 6) is 1.22. The Morgan fingerprint density at radius 2 is 1.83 bits per heavy atom. The van der Waals surface area contributed by atoms with Gasteiger partial charge in [-0.25, -0.2) is 0 Å². The summed E-state index contributed by atoms with van der Waals surface area (Å²) in [4.78, 5) is 22.0. The number of amides is 1. The normalized spacial score (nSPS) is 19.0. The fourth-order valence-electron chi connectivity index (χ4n) is 4.62. The quantitative estimate of drug-likeness (QED) is 0.487. The van der Waals surface area contributed by atoms with E-state index in [1.807, 2.05) is 24.3 Å². The van der Waals surface area contributed by atoms with Gasteiger partial charge in [0.15, 0.2) is 0 Å². The second-order valence-corrected chi connectivity index (χ2v) is 9.99. The highest BCUT2D eigenvalue weighted by Crippen LogP contribution is 2.22. The van der Waals surface area contributed by atoms with E-state index in [-0.39, 0.29) is 11.8 Å². The summed E-state index contributed by atoms with van der Waals surface area (Å²) in [6, 6.07) is 16.3. The summed E-state index contributed by atoms with van der Waals surface area (Å²) in [6.07, 6.45) is 1.87. The van der Waals surface area contributed by atoms with Crippen molar-refractivity contribution in [2.24, 2.45) is 5.92 Å². The third kappa shape index (κ3) is 6.28. The van der Waals surface area contributed by atoms with Crippen molar-refractivity contribution in [1.82, 2.24) is 20.4 Å². The average molecular weight is 540 g/mol. The lowest BCUT2D eigenvalue weighted by Gasteiger charge is -2.31. The van der Waals surface area contributed by atoms with Crippen LogP contribution in [0.3, 0.4) is 0 Å². The zero-order chi connectivity index (χ0) is 24.0. The van der Waals surface area contributed by atoms with Gasteiger partial charge in [-0.1, -0.05) is 33.2 Å². The summed E-state index contributed by atoms with van der Waals surface area (Å²) in [6.45, 7) is 6.09. The summed E-state index contributed by atoms with van der Waals surface area (Å²) in [5.41, 5.74) is 3.22. The number of morpholine rings is 1. The molecule has 184 valence electrons. The molecule has 8 nitrogen and oxygen atoms in total.